The summed E-state index contributed by atoms with van der Waals surface area (Å²) in [5.74, 6) is 0.655. The highest BCUT2D eigenvalue weighted by molar-refractivity contribution is 5.70. The maximum atomic E-state index is 11.5. The van der Waals surface area contributed by atoms with E-state index in [1.807, 2.05) is 27.7 Å². The maximum Gasteiger partial charge on any atom is 0.307 e. The summed E-state index contributed by atoms with van der Waals surface area (Å²) in [4.78, 5) is 11.5. The fourth-order valence-electron chi connectivity index (χ4n) is 1.61. The second-order valence-electron chi connectivity index (χ2n) is 5.68. The molecule has 0 aromatic rings. The minimum atomic E-state index is -0.371. The van der Waals surface area contributed by atoms with E-state index in [-0.39, 0.29) is 17.6 Å². The van der Waals surface area contributed by atoms with Gasteiger partial charge in [0.15, 0.2) is 0 Å². The van der Waals surface area contributed by atoms with Crippen molar-refractivity contribution in [2.24, 2.45) is 5.92 Å². The maximum absolute atomic E-state index is 11.5. The molecule has 1 N–H and O–H groups in total. The van der Waals surface area contributed by atoms with Gasteiger partial charge in [0.1, 0.15) is 5.60 Å². The van der Waals surface area contributed by atoms with Crippen LogP contribution in [0, 0.1) is 5.92 Å². The summed E-state index contributed by atoms with van der Waals surface area (Å²) >= 11 is 0. The van der Waals surface area contributed by atoms with Gasteiger partial charge < -0.3 is 10.1 Å². The number of carbonyl (C=O) groups is 1. The van der Waals surface area contributed by atoms with Gasteiger partial charge in [0.05, 0.1) is 6.42 Å². The van der Waals surface area contributed by atoms with Crippen molar-refractivity contribution in [3.8, 4) is 0 Å². The second-order valence-corrected chi connectivity index (χ2v) is 5.68. The molecule has 0 aromatic heterocycles. The smallest absolute Gasteiger partial charge is 0.307 e. The zero-order valence-electron chi connectivity index (χ0n) is 10.5. The Morgan fingerprint density at radius 2 is 2.07 bits per heavy atom. The number of rotatable bonds is 4. The van der Waals surface area contributed by atoms with Crippen LogP contribution in [0.5, 0.6) is 0 Å². The van der Waals surface area contributed by atoms with E-state index in [9.17, 15) is 4.79 Å². The van der Waals surface area contributed by atoms with E-state index in [0.29, 0.717) is 12.5 Å². The first-order valence-electron chi connectivity index (χ1n) is 5.76. The molecule has 1 fully saturated rings. The molecule has 1 aliphatic rings. The minimum Gasteiger partial charge on any atom is -0.460 e. The molecule has 15 heavy (non-hydrogen) atoms. The average molecular weight is 213 g/mol. The molecule has 88 valence electrons. The molecule has 0 amide bonds. The molecule has 3 nitrogen and oxygen atoms in total. The lowest BCUT2D eigenvalue weighted by Crippen LogP contribution is -2.33. The van der Waals surface area contributed by atoms with Crippen LogP contribution in [0.2, 0.25) is 0 Å². The molecular formula is C12H23NO2. The lowest BCUT2D eigenvalue weighted by Gasteiger charge is -2.21. The Labute approximate surface area is 92.6 Å². The van der Waals surface area contributed by atoms with Crippen LogP contribution in [-0.2, 0) is 9.53 Å². The highest BCUT2D eigenvalue weighted by Gasteiger charge is 2.33. The van der Waals surface area contributed by atoms with E-state index in [4.69, 9.17) is 4.74 Å². The van der Waals surface area contributed by atoms with Crippen LogP contribution in [0.4, 0.5) is 0 Å². The van der Waals surface area contributed by atoms with Gasteiger partial charge in [-0.15, -0.1) is 0 Å². The second kappa shape index (κ2) is 4.52. The van der Waals surface area contributed by atoms with Gasteiger partial charge in [0.2, 0.25) is 0 Å². The predicted octanol–water partition coefficient (Wildman–Crippen LogP) is 2.10. The zero-order chi connectivity index (χ0) is 11.6. The number of ether oxygens (including phenoxy) is 1. The largest absolute Gasteiger partial charge is 0.460 e. The summed E-state index contributed by atoms with van der Waals surface area (Å²) in [6.07, 6.45) is 1.69. The zero-order valence-corrected chi connectivity index (χ0v) is 10.5. The topological polar surface area (TPSA) is 38.3 Å². The Bertz CT molecular complexity index is 232. The third kappa shape index (κ3) is 5.17. The number of hydrogen-bond acceptors (Lipinski definition) is 3. The van der Waals surface area contributed by atoms with E-state index in [1.165, 1.54) is 6.42 Å². The van der Waals surface area contributed by atoms with Crippen molar-refractivity contribution >= 4 is 5.97 Å². The molecule has 3 heteroatoms. The molecule has 3 atom stereocenters. The molecule has 1 aliphatic carbocycles. The van der Waals surface area contributed by atoms with Crippen molar-refractivity contribution in [2.75, 3.05) is 0 Å². The Hall–Kier alpha value is -0.570. The van der Waals surface area contributed by atoms with E-state index in [0.717, 1.165) is 5.92 Å². The molecule has 0 heterocycles. The highest BCUT2D eigenvalue weighted by Crippen LogP contribution is 2.29. The molecule has 0 spiro atoms. The first-order valence-corrected chi connectivity index (χ1v) is 5.76. The number of hydrogen-bond donors (Lipinski definition) is 1. The number of nitrogens with one attached hydrogen (secondary N) is 1. The van der Waals surface area contributed by atoms with Gasteiger partial charge in [-0.1, -0.05) is 6.92 Å². The standard InChI is InChI=1S/C12H23NO2/c1-8-6-10(8)13-9(2)7-11(14)15-12(3,4)5/h8-10,13H,6-7H2,1-5H3. The molecule has 1 saturated carbocycles. The lowest BCUT2D eigenvalue weighted by molar-refractivity contribution is -0.155. The minimum absolute atomic E-state index is 0.115. The van der Waals surface area contributed by atoms with Gasteiger partial charge in [-0.3, -0.25) is 4.79 Å². The molecule has 0 radical (unpaired) electrons. The van der Waals surface area contributed by atoms with Gasteiger partial charge in [0, 0.05) is 12.1 Å². The Kier molecular flexibility index (Phi) is 3.77. The van der Waals surface area contributed by atoms with Crippen LogP contribution in [0.25, 0.3) is 0 Å². The highest BCUT2D eigenvalue weighted by atomic mass is 16.6. The van der Waals surface area contributed by atoms with Gasteiger partial charge >= 0.3 is 5.97 Å². The van der Waals surface area contributed by atoms with Crippen molar-refractivity contribution < 1.29 is 9.53 Å². The SMILES string of the molecule is CC(CC(=O)OC(C)(C)C)NC1CC1C. The molecule has 0 saturated heterocycles. The average Bonchev–Trinajstić information content (AvgIpc) is 2.60. The van der Waals surface area contributed by atoms with Crippen LogP contribution >= 0.6 is 0 Å². The Morgan fingerprint density at radius 1 is 1.53 bits per heavy atom. The molecule has 0 aliphatic heterocycles. The summed E-state index contributed by atoms with van der Waals surface area (Å²) in [5, 5.41) is 3.42. The van der Waals surface area contributed by atoms with Gasteiger partial charge in [-0.05, 0) is 40.0 Å². The number of esters is 1. The first-order chi connectivity index (χ1) is 6.78. The van der Waals surface area contributed by atoms with E-state index < -0.39 is 0 Å². The van der Waals surface area contributed by atoms with Gasteiger partial charge in [-0.25, -0.2) is 0 Å². The quantitative estimate of drug-likeness (QED) is 0.727. The summed E-state index contributed by atoms with van der Waals surface area (Å²) in [5.41, 5.74) is -0.371. The third-order valence-corrected chi connectivity index (χ3v) is 2.50. The van der Waals surface area contributed by atoms with E-state index >= 15 is 0 Å². The summed E-state index contributed by atoms with van der Waals surface area (Å²) in [6, 6.07) is 0.831. The van der Waals surface area contributed by atoms with Crippen molar-refractivity contribution in [1.82, 2.24) is 5.32 Å². The Morgan fingerprint density at radius 3 is 2.47 bits per heavy atom. The number of carbonyl (C=O) groups excluding carboxylic acids is 1. The molecule has 0 aromatic carbocycles. The molecule has 0 bridgehead atoms. The van der Waals surface area contributed by atoms with Gasteiger partial charge in [-0.2, -0.15) is 0 Å². The monoisotopic (exact) mass is 213 g/mol. The van der Waals surface area contributed by atoms with Crippen molar-refractivity contribution in [3.63, 3.8) is 0 Å². The van der Waals surface area contributed by atoms with E-state index in [1.54, 1.807) is 0 Å². The van der Waals surface area contributed by atoms with Crippen molar-refractivity contribution in [2.45, 2.75) is 65.1 Å². The van der Waals surface area contributed by atoms with Crippen molar-refractivity contribution in [1.29, 1.82) is 0 Å². The fourth-order valence-corrected chi connectivity index (χ4v) is 1.61. The van der Waals surface area contributed by atoms with E-state index in [2.05, 4.69) is 12.2 Å². The van der Waals surface area contributed by atoms with Crippen molar-refractivity contribution in [3.05, 3.63) is 0 Å². The third-order valence-electron chi connectivity index (χ3n) is 2.50. The van der Waals surface area contributed by atoms with Crippen LogP contribution in [0.1, 0.15) is 47.5 Å². The Balaban J connectivity index is 2.19. The summed E-state index contributed by atoms with van der Waals surface area (Å²) < 4.78 is 5.26. The predicted molar refractivity (Wildman–Crippen MR) is 60.6 cm³/mol. The van der Waals surface area contributed by atoms with Crippen LogP contribution < -0.4 is 5.32 Å². The normalized spacial score (nSPS) is 27.3. The van der Waals surface area contributed by atoms with Crippen LogP contribution in [-0.4, -0.2) is 23.7 Å². The first kappa shape index (κ1) is 12.5. The summed E-state index contributed by atoms with van der Waals surface area (Å²) in [7, 11) is 0. The fraction of sp³-hybridized carbons (Fsp3) is 0.917. The molecule has 1 rings (SSSR count). The van der Waals surface area contributed by atoms with Crippen LogP contribution in [0.15, 0.2) is 0 Å². The molecule has 3 unspecified atom stereocenters. The van der Waals surface area contributed by atoms with Crippen LogP contribution in [0.3, 0.4) is 0 Å². The lowest BCUT2D eigenvalue weighted by atomic mass is 10.2. The molecular weight excluding hydrogens is 190 g/mol. The summed E-state index contributed by atoms with van der Waals surface area (Å²) in [6.45, 7) is 9.94. The van der Waals surface area contributed by atoms with Gasteiger partial charge in [0.25, 0.3) is 0 Å².